The summed E-state index contributed by atoms with van der Waals surface area (Å²) in [4.78, 5) is 0. The van der Waals surface area contributed by atoms with E-state index in [0.717, 1.165) is 12.8 Å². The fraction of sp³-hybridized carbons (Fsp3) is 0.636. The second-order valence-corrected chi connectivity index (χ2v) is 3.89. The molecule has 2 unspecified atom stereocenters. The molecule has 68 valence electrons. The highest BCUT2D eigenvalue weighted by Crippen LogP contribution is 2.41. The first-order chi connectivity index (χ1) is 5.61. The molecule has 1 heteroatoms. The predicted octanol–water partition coefficient (Wildman–Crippen LogP) is 3.44. The lowest BCUT2D eigenvalue weighted by Gasteiger charge is -2.35. The molecule has 1 rings (SSSR count). The van der Waals surface area contributed by atoms with Crippen LogP contribution in [0.2, 0.25) is 0 Å². The summed E-state index contributed by atoms with van der Waals surface area (Å²) < 4.78 is 0. The van der Waals surface area contributed by atoms with Crippen LogP contribution in [0.4, 0.5) is 0 Å². The average molecular weight is 166 g/mol. The van der Waals surface area contributed by atoms with Gasteiger partial charge in [0.05, 0.1) is 5.76 Å². The summed E-state index contributed by atoms with van der Waals surface area (Å²) in [7, 11) is 0. The van der Waals surface area contributed by atoms with E-state index >= 15 is 0 Å². The van der Waals surface area contributed by atoms with Crippen molar-refractivity contribution in [3.8, 4) is 0 Å². The molecule has 0 fully saturated rings. The van der Waals surface area contributed by atoms with E-state index in [1.165, 1.54) is 0 Å². The highest BCUT2D eigenvalue weighted by molar-refractivity contribution is 5.22. The van der Waals surface area contributed by atoms with Crippen molar-refractivity contribution in [3.63, 3.8) is 0 Å². The summed E-state index contributed by atoms with van der Waals surface area (Å²) in [5.41, 5.74) is -0.0243. The molecular weight excluding hydrogens is 148 g/mol. The highest BCUT2D eigenvalue weighted by Gasteiger charge is 2.34. The zero-order valence-electron chi connectivity index (χ0n) is 8.17. The quantitative estimate of drug-likeness (QED) is 0.666. The molecule has 1 aliphatic carbocycles. The van der Waals surface area contributed by atoms with Crippen molar-refractivity contribution in [2.75, 3.05) is 0 Å². The Balaban J connectivity index is 2.86. The largest absolute Gasteiger partial charge is 0.512 e. The van der Waals surface area contributed by atoms with Gasteiger partial charge < -0.3 is 5.11 Å². The van der Waals surface area contributed by atoms with E-state index in [1.807, 2.05) is 12.2 Å². The van der Waals surface area contributed by atoms with Crippen LogP contribution in [0, 0.1) is 11.3 Å². The highest BCUT2D eigenvalue weighted by atomic mass is 16.3. The maximum absolute atomic E-state index is 9.74. The molecule has 0 bridgehead atoms. The number of allylic oxidation sites excluding steroid dienone is 4. The number of rotatable bonds is 2. The van der Waals surface area contributed by atoms with Crippen LogP contribution in [0.1, 0.15) is 33.6 Å². The number of aliphatic hydroxyl groups excluding tert-OH is 1. The van der Waals surface area contributed by atoms with Crippen molar-refractivity contribution in [1.82, 2.24) is 0 Å². The molecule has 0 saturated heterocycles. The van der Waals surface area contributed by atoms with E-state index < -0.39 is 0 Å². The van der Waals surface area contributed by atoms with E-state index in [-0.39, 0.29) is 5.41 Å². The van der Waals surface area contributed by atoms with Crippen molar-refractivity contribution in [3.05, 3.63) is 24.0 Å². The Kier molecular flexibility index (Phi) is 2.61. The Labute approximate surface area is 74.8 Å². The molecule has 1 aliphatic rings. The number of aliphatic hydroxyl groups is 1. The first kappa shape index (κ1) is 9.37. The van der Waals surface area contributed by atoms with Gasteiger partial charge in [-0.05, 0) is 18.4 Å². The average Bonchev–Trinajstić information content (AvgIpc) is 2.02. The minimum absolute atomic E-state index is 0.0243. The van der Waals surface area contributed by atoms with Gasteiger partial charge >= 0.3 is 0 Å². The third-order valence-electron chi connectivity index (χ3n) is 3.01. The molecule has 0 aromatic rings. The van der Waals surface area contributed by atoms with Crippen molar-refractivity contribution in [2.45, 2.75) is 33.6 Å². The SMILES string of the molecule is CCCC1(C)C(O)=CC=CC1C. The first-order valence-electron chi connectivity index (χ1n) is 4.69. The smallest absolute Gasteiger partial charge is 0.0987 e. The minimum atomic E-state index is -0.0243. The normalized spacial score (nSPS) is 34.9. The van der Waals surface area contributed by atoms with Crippen LogP contribution in [0.5, 0.6) is 0 Å². The Morgan fingerprint density at radius 3 is 2.75 bits per heavy atom. The van der Waals surface area contributed by atoms with Crippen LogP contribution in [0.3, 0.4) is 0 Å². The van der Waals surface area contributed by atoms with Crippen LogP contribution in [0.15, 0.2) is 24.0 Å². The molecule has 0 spiro atoms. The molecule has 0 aliphatic heterocycles. The fourth-order valence-corrected chi connectivity index (χ4v) is 1.82. The zero-order chi connectivity index (χ0) is 9.19. The summed E-state index contributed by atoms with van der Waals surface area (Å²) in [6.07, 6.45) is 8.09. The summed E-state index contributed by atoms with van der Waals surface area (Å²) in [6.45, 7) is 6.45. The summed E-state index contributed by atoms with van der Waals surface area (Å²) in [5.74, 6) is 0.988. The van der Waals surface area contributed by atoms with E-state index in [4.69, 9.17) is 0 Å². The standard InChI is InChI=1S/C11H18O/c1-4-8-11(3)9(2)6-5-7-10(11)12/h5-7,9,12H,4,8H2,1-3H3. The van der Waals surface area contributed by atoms with Gasteiger partial charge in [-0.2, -0.15) is 0 Å². The zero-order valence-corrected chi connectivity index (χ0v) is 8.17. The molecule has 1 N–H and O–H groups in total. The molecule has 1 nitrogen and oxygen atoms in total. The second kappa shape index (κ2) is 3.34. The van der Waals surface area contributed by atoms with Gasteiger partial charge in [0.2, 0.25) is 0 Å². The van der Waals surface area contributed by atoms with Crippen LogP contribution >= 0.6 is 0 Å². The molecule has 0 radical (unpaired) electrons. The first-order valence-corrected chi connectivity index (χ1v) is 4.69. The number of hydrogen-bond donors (Lipinski definition) is 1. The molecule has 0 heterocycles. The summed E-state index contributed by atoms with van der Waals surface area (Å²) >= 11 is 0. The minimum Gasteiger partial charge on any atom is -0.512 e. The van der Waals surface area contributed by atoms with Gasteiger partial charge in [0.1, 0.15) is 0 Å². The van der Waals surface area contributed by atoms with E-state index in [1.54, 1.807) is 0 Å². The summed E-state index contributed by atoms with van der Waals surface area (Å²) in [6, 6.07) is 0. The molecule has 2 atom stereocenters. The van der Waals surface area contributed by atoms with Crippen molar-refractivity contribution in [1.29, 1.82) is 0 Å². The second-order valence-electron chi connectivity index (χ2n) is 3.89. The van der Waals surface area contributed by atoms with Crippen LogP contribution < -0.4 is 0 Å². The van der Waals surface area contributed by atoms with Crippen LogP contribution in [0.25, 0.3) is 0 Å². The molecule has 0 aromatic heterocycles. The molecule has 0 aromatic carbocycles. The van der Waals surface area contributed by atoms with Gasteiger partial charge in [-0.15, -0.1) is 0 Å². The topological polar surface area (TPSA) is 20.2 Å². The maximum atomic E-state index is 9.74. The van der Waals surface area contributed by atoms with Gasteiger partial charge in [-0.3, -0.25) is 0 Å². The monoisotopic (exact) mass is 166 g/mol. The predicted molar refractivity (Wildman–Crippen MR) is 52.0 cm³/mol. The molecule has 12 heavy (non-hydrogen) atoms. The lowest BCUT2D eigenvalue weighted by atomic mass is 9.71. The van der Waals surface area contributed by atoms with Gasteiger partial charge in [0.15, 0.2) is 0 Å². The van der Waals surface area contributed by atoms with E-state index in [9.17, 15) is 5.11 Å². The Morgan fingerprint density at radius 2 is 2.25 bits per heavy atom. The van der Waals surface area contributed by atoms with Crippen molar-refractivity contribution < 1.29 is 5.11 Å². The van der Waals surface area contributed by atoms with Gasteiger partial charge in [-0.1, -0.05) is 39.3 Å². The van der Waals surface area contributed by atoms with Gasteiger partial charge in [-0.25, -0.2) is 0 Å². The van der Waals surface area contributed by atoms with Crippen molar-refractivity contribution in [2.24, 2.45) is 11.3 Å². The maximum Gasteiger partial charge on any atom is 0.0987 e. The fourth-order valence-electron chi connectivity index (χ4n) is 1.82. The Bertz CT molecular complexity index is 215. The number of hydrogen-bond acceptors (Lipinski definition) is 1. The van der Waals surface area contributed by atoms with E-state index in [0.29, 0.717) is 11.7 Å². The lowest BCUT2D eigenvalue weighted by molar-refractivity contribution is 0.172. The van der Waals surface area contributed by atoms with Crippen LogP contribution in [-0.2, 0) is 0 Å². The third kappa shape index (κ3) is 1.40. The van der Waals surface area contributed by atoms with E-state index in [2.05, 4.69) is 26.8 Å². The van der Waals surface area contributed by atoms with Gasteiger partial charge in [0.25, 0.3) is 0 Å². The van der Waals surface area contributed by atoms with Gasteiger partial charge in [0, 0.05) is 5.41 Å². The third-order valence-corrected chi connectivity index (χ3v) is 3.01. The van der Waals surface area contributed by atoms with Crippen LogP contribution in [-0.4, -0.2) is 5.11 Å². The lowest BCUT2D eigenvalue weighted by Crippen LogP contribution is -2.28. The molecular formula is C11H18O. The molecule has 0 saturated carbocycles. The van der Waals surface area contributed by atoms with Crippen molar-refractivity contribution >= 4 is 0 Å². The Hall–Kier alpha value is -0.720. The Morgan fingerprint density at radius 1 is 1.58 bits per heavy atom. The molecule has 0 amide bonds. The summed E-state index contributed by atoms with van der Waals surface area (Å²) in [5, 5.41) is 9.74.